The topological polar surface area (TPSA) is 93.0 Å². The maximum atomic E-state index is 12.6. The summed E-state index contributed by atoms with van der Waals surface area (Å²) in [5, 5.41) is 10.7. The molecule has 2 aromatic rings. The quantitative estimate of drug-likeness (QED) is 0.798. The molecule has 6 nitrogen and oxygen atoms in total. The van der Waals surface area contributed by atoms with Gasteiger partial charge in [-0.05, 0) is 25.1 Å². The van der Waals surface area contributed by atoms with Crippen LogP contribution in [0.3, 0.4) is 0 Å². The number of nitrogens with zero attached hydrogens (tertiary/aromatic N) is 1. The van der Waals surface area contributed by atoms with Crippen molar-refractivity contribution in [1.29, 1.82) is 0 Å². The van der Waals surface area contributed by atoms with Gasteiger partial charge in [-0.1, -0.05) is 13.8 Å². The van der Waals surface area contributed by atoms with Crippen LogP contribution in [0.5, 0.6) is 0 Å². The Morgan fingerprint density at radius 3 is 2.91 bits per heavy atom. The van der Waals surface area contributed by atoms with Crippen LogP contribution in [-0.4, -0.2) is 34.4 Å². The first kappa shape index (κ1) is 17.7. The predicted octanol–water partition coefficient (Wildman–Crippen LogP) is 2.46. The van der Waals surface area contributed by atoms with Gasteiger partial charge in [0, 0.05) is 29.5 Å². The summed E-state index contributed by atoms with van der Waals surface area (Å²) in [5.41, 5.74) is 6.71. The summed E-state index contributed by atoms with van der Waals surface area (Å²) in [4.78, 5) is 12.6. The van der Waals surface area contributed by atoms with Crippen molar-refractivity contribution in [3.63, 3.8) is 0 Å². The van der Waals surface area contributed by atoms with Crippen molar-refractivity contribution in [3.8, 4) is 0 Å². The van der Waals surface area contributed by atoms with Gasteiger partial charge in [0.1, 0.15) is 5.54 Å². The molecule has 1 amide bonds. The molecule has 1 aliphatic carbocycles. The Morgan fingerprint density at radius 1 is 1.52 bits per heavy atom. The van der Waals surface area contributed by atoms with Crippen molar-refractivity contribution in [1.82, 2.24) is 10.2 Å². The molecule has 1 aliphatic rings. The number of benzene rings is 1. The average molecular weight is 339 g/mol. The Bertz CT molecular complexity index is 715. The highest BCUT2D eigenvalue weighted by Gasteiger charge is 2.62. The van der Waals surface area contributed by atoms with Crippen LogP contribution >= 0.6 is 12.4 Å². The van der Waals surface area contributed by atoms with Gasteiger partial charge in [0.2, 0.25) is 5.91 Å². The molecule has 0 spiro atoms. The summed E-state index contributed by atoms with van der Waals surface area (Å²) >= 11 is 0. The molecule has 1 heterocycles. The van der Waals surface area contributed by atoms with Gasteiger partial charge in [-0.15, -0.1) is 12.4 Å². The van der Waals surface area contributed by atoms with Crippen molar-refractivity contribution >= 4 is 34.9 Å². The van der Waals surface area contributed by atoms with Crippen molar-refractivity contribution < 1.29 is 9.53 Å². The molecule has 2 unspecified atom stereocenters. The number of nitrogens with one attached hydrogen (secondary N) is 2. The summed E-state index contributed by atoms with van der Waals surface area (Å²) in [6, 6.07) is 5.61. The summed E-state index contributed by atoms with van der Waals surface area (Å²) < 4.78 is 5.66. The number of amides is 1. The van der Waals surface area contributed by atoms with E-state index in [4.69, 9.17) is 10.5 Å². The van der Waals surface area contributed by atoms with Gasteiger partial charge >= 0.3 is 0 Å². The summed E-state index contributed by atoms with van der Waals surface area (Å²) in [6.45, 7) is 6.54. The molecule has 0 radical (unpaired) electrons. The molecular formula is C16H23ClN4O2. The maximum absolute atomic E-state index is 12.6. The molecule has 1 saturated carbocycles. The zero-order valence-electron chi connectivity index (χ0n) is 13.6. The molecule has 23 heavy (non-hydrogen) atoms. The number of hydrogen-bond acceptors (Lipinski definition) is 4. The van der Waals surface area contributed by atoms with Crippen LogP contribution in [0.2, 0.25) is 0 Å². The zero-order valence-corrected chi connectivity index (χ0v) is 14.4. The molecule has 1 aromatic carbocycles. The highest BCUT2D eigenvalue weighted by Crippen LogP contribution is 2.50. The van der Waals surface area contributed by atoms with E-state index in [1.54, 1.807) is 6.20 Å². The SMILES string of the molecule is CCOC1CC(N)(C(=O)Nc2ccc3[nH]ncc3c2)C1(C)C.Cl. The first-order chi connectivity index (χ1) is 10.4. The number of ether oxygens (including phenoxy) is 1. The molecule has 7 heteroatoms. The van der Waals surface area contributed by atoms with E-state index in [1.165, 1.54) is 0 Å². The van der Waals surface area contributed by atoms with E-state index in [0.717, 1.165) is 16.6 Å². The lowest BCUT2D eigenvalue weighted by Gasteiger charge is -2.57. The molecule has 0 saturated heterocycles. The second-order valence-corrected chi connectivity index (χ2v) is 6.47. The minimum absolute atomic E-state index is 0. The number of nitrogens with two attached hydrogens (primary N) is 1. The highest BCUT2D eigenvalue weighted by atomic mass is 35.5. The lowest BCUT2D eigenvalue weighted by Crippen LogP contribution is -2.74. The molecule has 3 rings (SSSR count). The van der Waals surface area contributed by atoms with Crippen molar-refractivity contribution in [2.75, 3.05) is 11.9 Å². The number of carbonyl (C=O) groups is 1. The number of H-pyrrole nitrogens is 1. The predicted molar refractivity (Wildman–Crippen MR) is 92.7 cm³/mol. The first-order valence-electron chi connectivity index (χ1n) is 7.53. The van der Waals surface area contributed by atoms with Crippen LogP contribution in [0.25, 0.3) is 10.9 Å². The van der Waals surface area contributed by atoms with Crippen LogP contribution in [0.1, 0.15) is 27.2 Å². The first-order valence-corrected chi connectivity index (χ1v) is 7.53. The van der Waals surface area contributed by atoms with Crippen molar-refractivity contribution in [2.45, 2.75) is 38.8 Å². The highest BCUT2D eigenvalue weighted by molar-refractivity contribution is 6.01. The third-order valence-corrected chi connectivity index (χ3v) is 4.93. The van der Waals surface area contributed by atoms with Gasteiger partial charge in [-0.25, -0.2) is 0 Å². The smallest absolute Gasteiger partial charge is 0.245 e. The van der Waals surface area contributed by atoms with Gasteiger partial charge in [-0.2, -0.15) is 5.10 Å². The fourth-order valence-corrected chi connectivity index (χ4v) is 3.08. The lowest BCUT2D eigenvalue weighted by atomic mass is 9.54. The largest absolute Gasteiger partial charge is 0.378 e. The van der Waals surface area contributed by atoms with Gasteiger partial charge in [0.25, 0.3) is 0 Å². The Balaban J connectivity index is 0.00000192. The van der Waals surface area contributed by atoms with Gasteiger partial charge in [-0.3, -0.25) is 9.89 Å². The molecule has 1 aromatic heterocycles. The second-order valence-electron chi connectivity index (χ2n) is 6.47. The second kappa shape index (κ2) is 6.11. The standard InChI is InChI=1S/C16H22N4O2.ClH/c1-4-22-13-8-16(17,15(13,2)3)14(21)19-11-5-6-12-10(7-11)9-18-20-12;/h5-7,9,13H,4,8,17H2,1-3H3,(H,18,20)(H,19,21);1H. The Morgan fingerprint density at radius 2 is 2.26 bits per heavy atom. The number of rotatable bonds is 4. The van der Waals surface area contributed by atoms with E-state index in [2.05, 4.69) is 15.5 Å². The van der Waals surface area contributed by atoms with E-state index in [0.29, 0.717) is 13.0 Å². The number of aromatic amines is 1. The minimum Gasteiger partial charge on any atom is -0.378 e. The fourth-order valence-electron chi connectivity index (χ4n) is 3.08. The Hall–Kier alpha value is -1.63. The van der Waals surface area contributed by atoms with E-state index < -0.39 is 11.0 Å². The average Bonchev–Trinajstić information content (AvgIpc) is 2.94. The molecule has 2 atom stereocenters. The third kappa shape index (κ3) is 2.71. The number of anilines is 1. The minimum atomic E-state index is -0.918. The molecule has 4 N–H and O–H groups in total. The van der Waals surface area contributed by atoms with Crippen molar-refractivity contribution in [3.05, 3.63) is 24.4 Å². The van der Waals surface area contributed by atoms with Crippen LogP contribution in [0.15, 0.2) is 24.4 Å². The summed E-state index contributed by atoms with van der Waals surface area (Å²) in [5.74, 6) is -0.170. The molecule has 0 aliphatic heterocycles. The van der Waals surface area contributed by atoms with Gasteiger partial charge in [0.15, 0.2) is 0 Å². The number of aromatic nitrogens is 2. The Kier molecular flexibility index (Phi) is 4.71. The normalized spacial score (nSPS) is 25.5. The molecular weight excluding hydrogens is 316 g/mol. The van der Waals surface area contributed by atoms with E-state index in [1.807, 2.05) is 39.0 Å². The fraction of sp³-hybridized carbons (Fsp3) is 0.500. The van der Waals surface area contributed by atoms with Gasteiger partial charge in [0.05, 0.1) is 17.8 Å². The van der Waals surface area contributed by atoms with Gasteiger partial charge < -0.3 is 15.8 Å². The van der Waals surface area contributed by atoms with Crippen LogP contribution in [0, 0.1) is 5.41 Å². The summed E-state index contributed by atoms with van der Waals surface area (Å²) in [6.07, 6.45) is 2.28. The lowest BCUT2D eigenvalue weighted by molar-refractivity contribution is -0.166. The van der Waals surface area contributed by atoms with E-state index in [9.17, 15) is 4.79 Å². The van der Waals surface area contributed by atoms with Crippen LogP contribution in [-0.2, 0) is 9.53 Å². The molecule has 0 bridgehead atoms. The van der Waals surface area contributed by atoms with Crippen molar-refractivity contribution in [2.24, 2.45) is 11.1 Å². The number of fused-ring (bicyclic) bond motifs is 1. The zero-order chi connectivity index (χ0) is 16.0. The molecule has 1 fully saturated rings. The molecule has 126 valence electrons. The Labute approximate surface area is 141 Å². The number of halogens is 1. The van der Waals surface area contributed by atoms with E-state index in [-0.39, 0.29) is 24.4 Å². The monoisotopic (exact) mass is 338 g/mol. The number of carbonyl (C=O) groups excluding carboxylic acids is 1. The van der Waals surface area contributed by atoms with Crippen LogP contribution in [0.4, 0.5) is 5.69 Å². The maximum Gasteiger partial charge on any atom is 0.245 e. The van der Waals surface area contributed by atoms with Crippen LogP contribution < -0.4 is 11.1 Å². The number of hydrogen-bond donors (Lipinski definition) is 3. The van der Waals surface area contributed by atoms with E-state index >= 15 is 0 Å². The third-order valence-electron chi connectivity index (χ3n) is 4.93. The summed E-state index contributed by atoms with van der Waals surface area (Å²) in [7, 11) is 0.